The zero-order valence-corrected chi connectivity index (χ0v) is 10.3. The van der Waals surface area contributed by atoms with Gasteiger partial charge in [0.25, 0.3) is 0 Å². The van der Waals surface area contributed by atoms with Crippen LogP contribution in [0.4, 0.5) is 4.39 Å². The van der Waals surface area contributed by atoms with Crippen molar-refractivity contribution in [3.63, 3.8) is 0 Å². The molecule has 2 rings (SSSR count). The first kappa shape index (κ1) is 12.6. The van der Waals surface area contributed by atoms with Crippen LogP contribution in [0.3, 0.4) is 0 Å². The van der Waals surface area contributed by atoms with Crippen molar-refractivity contribution in [3.05, 3.63) is 65.5 Å². The number of hydrogen-bond donors (Lipinski definition) is 1. The van der Waals surface area contributed by atoms with Gasteiger partial charge in [0.1, 0.15) is 11.6 Å². The Morgan fingerprint density at radius 1 is 1.00 bits per heavy atom. The molecule has 0 fully saturated rings. The Hall–Kier alpha value is -1.87. The smallest absolute Gasteiger partial charge is 0.123 e. The van der Waals surface area contributed by atoms with E-state index in [1.165, 1.54) is 12.1 Å². The highest BCUT2D eigenvalue weighted by molar-refractivity contribution is 5.31. The van der Waals surface area contributed by atoms with Gasteiger partial charge >= 0.3 is 0 Å². The lowest BCUT2D eigenvalue weighted by atomic mass is 10.1. The van der Waals surface area contributed by atoms with E-state index in [2.05, 4.69) is 4.90 Å². The molecule has 0 atom stereocenters. The molecule has 0 spiro atoms. The lowest BCUT2D eigenvalue weighted by molar-refractivity contribution is 0.312. The van der Waals surface area contributed by atoms with Crippen molar-refractivity contribution in [2.75, 3.05) is 7.05 Å². The predicted molar refractivity (Wildman–Crippen MR) is 69.7 cm³/mol. The van der Waals surface area contributed by atoms with E-state index in [0.29, 0.717) is 18.8 Å². The molecule has 0 saturated carbocycles. The Balaban J connectivity index is 1.99. The monoisotopic (exact) mass is 245 g/mol. The third-order valence-electron chi connectivity index (χ3n) is 2.80. The molecule has 2 nitrogen and oxygen atoms in total. The van der Waals surface area contributed by atoms with Crippen LogP contribution in [0.1, 0.15) is 11.1 Å². The van der Waals surface area contributed by atoms with Crippen LogP contribution in [0.2, 0.25) is 0 Å². The molecule has 0 aliphatic heterocycles. The third kappa shape index (κ3) is 3.31. The van der Waals surface area contributed by atoms with Crippen molar-refractivity contribution in [1.82, 2.24) is 4.90 Å². The fourth-order valence-corrected chi connectivity index (χ4v) is 1.89. The van der Waals surface area contributed by atoms with E-state index in [9.17, 15) is 9.50 Å². The van der Waals surface area contributed by atoms with Gasteiger partial charge in [-0.15, -0.1) is 0 Å². The number of aromatic hydroxyl groups is 1. The summed E-state index contributed by atoms with van der Waals surface area (Å²) in [6, 6.07) is 13.8. The zero-order valence-electron chi connectivity index (χ0n) is 10.3. The van der Waals surface area contributed by atoms with Crippen molar-refractivity contribution in [2.45, 2.75) is 13.1 Å². The largest absolute Gasteiger partial charge is 0.508 e. The first-order valence-electron chi connectivity index (χ1n) is 5.85. The predicted octanol–water partition coefficient (Wildman–Crippen LogP) is 3.16. The van der Waals surface area contributed by atoms with E-state index < -0.39 is 0 Å². The highest BCUT2D eigenvalue weighted by Crippen LogP contribution is 2.18. The summed E-state index contributed by atoms with van der Waals surface area (Å²) < 4.78 is 12.8. The fourth-order valence-electron chi connectivity index (χ4n) is 1.89. The second-order valence-electron chi connectivity index (χ2n) is 4.43. The minimum Gasteiger partial charge on any atom is -0.508 e. The van der Waals surface area contributed by atoms with E-state index in [1.807, 2.05) is 19.2 Å². The average molecular weight is 245 g/mol. The van der Waals surface area contributed by atoms with Crippen LogP contribution in [0.25, 0.3) is 0 Å². The van der Waals surface area contributed by atoms with Gasteiger partial charge < -0.3 is 5.11 Å². The van der Waals surface area contributed by atoms with Crippen molar-refractivity contribution in [3.8, 4) is 5.75 Å². The van der Waals surface area contributed by atoms with Crippen LogP contribution < -0.4 is 0 Å². The standard InChI is InChI=1S/C15H16FNO/c1-17(10-12-6-8-14(16)9-7-12)11-13-4-2-3-5-15(13)18/h2-9,18H,10-11H2,1H3. The van der Waals surface area contributed by atoms with E-state index in [-0.39, 0.29) is 5.82 Å². The SMILES string of the molecule is CN(Cc1ccc(F)cc1)Cc1ccccc1O. The van der Waals surface area contributed by atoms with Gasteiger partial charge in [-0.05, 0) is 30.8 Å². The quantitative estimate of drug-likeness (QED) is 0.894. The molecule has 0 unspecified atom stereocenters. The zero-order chi connectivity index (χ0) is 13.0. The van der Waals surface area contributed by atoms with Gasteiger partial charge in [0.2, 0.25) is 0 Å². The molecule has 18 heavy (non-hydrogen) atoms. The van der Waals surface area contributed by atoms with E-state index in [4.69, 9.17) is 0 Å². The van der Waals surface area contributed by atoms with Crippen LogP contribution in [0.15, 0.2) is 48.5 Å². The normalized spacial score (nSPS) is 10.8. The summed E-state index contributed by atoms with van der Waals surface area (Å²) in [4.78, 5) is 2.07. The van der Waals surface area contributed by atoms with E-state index in [1.54, 1.807) is 24.3 Å². The number of phenolic OH excluding ortho intramolecular Hbond substituents is 1. The summed E-state index contributed by atoms with van der Waals surface area (Å²) >= 11 is 0. The molecule has 2 aromatic rings. The Labute approximate surface area is 106 Å². The summed E-state index contributed by atoms with van der Waals surface area (Å²) in [5.41, 5.74) is 1.94. The summed E-state index contributed by atoms with van der Waals surface area (Å²) in [6.07, 6.45) is 0. The van der Waals surface area contributed by atoms with Gasteiger partial charge in [-0.25, -0.2) is 4.39 Å². The third-order valence-corrected chi connectivity index (χ3v) is 2.80. The number of halogens is 1. The van der Waals surface area contributed by atoms with Gasteiger partial charge in [-0.1, -0.05) is 30.3 Å². The maximum Gasteiger partial charge on any atom is 0.123 e. The maximum atomic E-state index is 12.8. The van der Waals surface area contributed by atoms with Crippen molar-refractivity contribution in [2.24, 2.45) is 0 Å². The molecule has 2 aromatic carbocycles. The van der Waals surface area contributed by atoms with Crippen molar-refractivity contribution in [1.29, 1.82) is 0 Å². The Morgan fingerprint density at radius 3 is 2.33 bits per heavy atom. The van der Waals surface area contributed by atoms with E-state index >= 15 is 0 Å². The van der Waals surface area contributed by atoms with Crippen LogP contribution in [-0.2, 0) is 13.1 Å². The molecule has 0 bridgehead atoms. The Bertz CT molecular complexity index is 510. The topological polar surface area (TPSA) is 23.5 Å². The van der Waals surface area contributed by atoms with Crippen LogP contribution in [0, 0.1) is 5.82 Å². The van der Waals surface area contributed by atoms with Gasteiger partial charge in [0.15, 0.2) is 0 Å². The van der Waals surface area contributed by atoms with Crippen molar-refractivity contribution >= 4 is 0 Å². The second kappa shape index (κ2) is 5.65. The molecule has 0 heterocycles. The molecule has 0 saturated heterocycles. The molecule has 1 N–H and O–H groups in total. The van der Waals surface area contributed by atoms with Crippen molar-refractivity contribution < 1.29 is 9.50 Å². The first-order chi connectivity index (χ1) is 8.65. The molecular weight excluding hydrogens is 229 g/mol. The second-order valence-corrected chi connectivity index (χ2v) is 4.43. The lowest BCUT2D eigenvalue weighted by Crippen LogP contribution is -2.17. The fraction of sp³-hybridized carbons (Fsp3) is 0.200. The number of nitrogens with zero attached hydrogens (tertiary/aromatic N) is 1. The van der Waals surface area contributed by atoms with Gasteiger partial charge in [0, 0.05) is 18.7 Å². The summed E-state index contributed by atoms with van der Waals surface area (Å²) in [5.74, 6) is 0.0885. The Morgan fingerprint density at radius 2 is 1.67 bits per heavy atom. The highest BCUT2D eigenvalue weighted by Gasteiger charge is 2.05. The number of rotatable bonds is 4. The molecule has 0 aromatic heterocycles. The van der Waals surface area contributed by atoms with Gasteiger partial charge in [0.05, 0.1) is 0 Å². The minimum absolute atomic E-state index is 0.220. The molecule has 3 heteroatoms. The van der Waals surface area contributed by atoms with Crippen LogP contribution in [0.5, 0.6) is 5.75 Å². The molecule has 0 aliphatic rings. The van der Waals surface area contributed by atoms with Gasteiger partial charge in [-0.2, -0.15) is 0 Å². The molecule has 94 valence electrons. The molecule has 0 aliphatic carbocycles. The number of phenols is 1. The van der Waals surface area contributed by atoms with E-state index in [0.717, 1.165) is 11.1 Å². The number of hydrogen-bond acceptors (Lipinski definition) is 2. The summed E-state index contributed by atoms with van der Waals surface area (Å²) in [7, 11) is 1.97. The molecule has 0 amide bonds. The first-order valence-corrected chi connectivity index (χ1v) is 5.85. The van der Waals surface area contributed by atoms with Crippen LogP contribution in [-0.4, -0.2) is 17.1 Å². The average Bonchev–Trinajstić information content (AvgIpc) is 2.35. The number of benzene rings is 2. The summed E-state index contributed by atoms with van der Waals surface area (Å²) in [5, 5.41) is 9.69. The minimum atomic E-state index is -0.220. The molecule has 0 radical (unpaired) electrons. The number of para-hydroxylation sites is 1. The van der Waals surface area contributed by atoms with Gasteiger partial charge in [-0.3, -0.25) is 4.90 Å². The van der Waals surface area contributed by atoms with Crippen LogP contribution >= 0.6 is 0 Å². The highest BCUT2D eigenvalue weighted by atomic mass is 19.1. The molecular formula is C15H16FNO. The Kier molecular flexibility index (Phi) is 3.95. The maximum absolute atomic E-state index is 12.8. The lowest BCUT2D eigenvalue weighted by Gasteiger charge is -2.17. The summed E-state index contributed by atoms with van der Waals surface area (Å²) in [6.45, 7) is 1.37.